The van der Waals surface area contributed by atoms with E-state index in [2.05, 4.69) is 44.1 Å². The first kappa shape index (κ1) is 39.0. The number of nitrogens with zero attached hydrogens (tertiary/aromatic N) is 4. The molecule has 1 aliphatic rings. The number of urea groups is 2. The summed E-state index contributed by atoms with van der Waals surface area (Å²) >= 11 is 0. The van der Waals surface area contributed by atoms with Crippen molar-refractivity contribution in [2.24, 2.45) is 11.8 Å². The minimum atomic E-state index is -0.0147. The molecule has 0 aliphatic heterocycles. The third-order valence-electron chi connectivity index (χ3n) is 9.88. The normalized spacial score (nSPS) is 15.9. The van der Waals surface area contributed by atoms with Crippen LogP contribution in [0.1, 0.15) is 104 Å². The molecule has 2 N–H and O–H groups in total. The van der Waals surface area contributed by atoms with Gasteiger partial charge in [0, 0.05) is 77.1 Å². The highest BCUT2D eigenvalue weighted by atomic mass is 16.2. The minimum Gasteiger partial charge on any atom is -0.378 e. The maximum atomic E-state index is 13.8. The predicted molar refractivity (Wildman–Crippen MR) is 206 cm³/mol. The van der Waals surface area contributed by atoms with Gasteiger partial charge in [-0.25, -0.2) is 9.59 Å². The Morgan fingerprint density at radius 3 is 1.25 bits per heavy atom. The van der Waals surface area contributed by atoms with Gasteiger partial charge < -0.3 is 30.2 Å². The average Bonchev–Trinajstić information content (AvgIpc) is 3.08. The van der Waals surface area contributed by atoms with Crippen molar-refractivity contribution in [3.05, 3.63) is 48.5 Å². The molecule has 0 bridgehead atoms. The zero-order chi connectivity index (χ0) is 34.7. The highest BCUT2D eigenvalue weighted by Crippen LogP contribution is 2.32. The van der Waals surface area contributed by atoms with Crippen LogP contribution in [0.15, 0.2) is 48.5 Å². The van der Waals surface area contributed by atoms with E-state index in [1.165, 1.54) is 51.4 Å². The van der Waals surface area contributed by atoms with Crippen LogP contribution < -0.4 is 20.4 Å². The van der Waals surface area contributed by atoms with Gasteiger partial charge in [-0.1, -0.05) is 78.1 Å². The van der Waals surface area contributed by atoms with Crippen molar-refractivity contribution >= 4 is 34.8 Å². The van der Waals surface area contributed by atoms with Gasteiger partial charge >= 0.3 is 12.1 Å². The Kier molecular flexibility index (Phi) is 17.5. The summed E-state index contributed by atoms with van der Waals surface area (Å²) in [6, 6.07) is 16.1. The molecule has 0 aromatic heterocycles. The van der Waals surface area contributed by atoms with E-state index in [9.17, 15) is 9.59 Å². The third kappa shape index (κ3) is 13.6. The molecule has 268 valence electrons. The van der Waals surface area contributed by atoms with Gasteiger partial charge in [0.25, 0.3) is 0 Å². The smallest absolute Gasteiger partial charge is 0.321 e. The number of nitrogens with one attached hydrogen (secondary N) is 2. The van der Waals surface area contributed by atoms with E-state index in [1.807, 2.05) is 76.7 Å². The lowest BCUT2D eigenvalue weighted by Gasteiger charge is -2.38. The van der Waals surface area contributed by atoms with Gasteiger partial charge in [-0.2, -0.15) is 0 Å². The summed E-state index contributed by atoms with van der Waals surface area (Å²) in [4.78, 5) is 35.8. The summed E-state index contributed by atoms with van der Waals surface area (Å²) in [5.74, 6) is 0.733. The first-order chi connectivity index (χ1) is 23.2. The van der Waals surface area contributed by atoms with Crippen LogP contribution in [-0.2, 0) is 0 Å². The van der Waals surface area contributed by atoms with Crippen molar-refractivity contribution in [1.29, 1.82) is 0 Å². The Morgan fingerprint density at radius 2 is 0.917 bits per heavy atom. The van der Waals surface area contributed by atoms with Gasteiger partial charge in [-0.05, 0) is 86.1 Å². The molecule has 0 radical (unpaired) electrons. The number of carbonyl (C=O) groups is 2. The number of carbonyl (C=O) groups excluding carboxylic acids is 2. The summed E-state index contributed by atoms with van der Waals surface area (Å²) in [6.45, 7) is 7.47. The SMILES string of the molecule is CCCCCCCN(C[C@H]1CCCC[C@H]1CN(CCCCCCC)C(=O)Nc1ccc(N(C)C)cc1)C(=O)Nc1ccc(N(C)C)cc1. The second-order valence-corrected chi connectivity index (χ2v) is 14.3. The topological polar surface area (TPSA) is 71.2 Å². The molecule has 48 heavy (non-hydrogen) atoms. The van der Waals surface area contributed by atoms with Gasteiger partial charge in [0.15, 0.2) is 0 Å². The maximum absolute atomic E-state index is 13.8. The highest BCUT2D eigenvalue weighted by Gasteiger charge is 2.31. The molecule has 8 heteroatoms. The van der Waals surface area contributed by atoms with E-state index >= 15 is 0 Å². The monoisotopic (exact) mass is 663 g/mol. The number of amides is 4. The molecule has 2 atom stereocenters. The van der Waals surface area contributed by atoms with Crippen molar-refractivity contribution in [1.82, 2.24) is 9.80 Å². The van der Waals surface area contributed by atoms with E-state index in [0.717, 1.165) is 87.5 Å². The average molecular weight is 663 g/mol. The van der Waals surface area contributed by atoms with Gasteiger partial charge in [-0.15, -0.1) is 0 Å². The lowest BCUT2D eigenvalue weighted by atomic mass is 9.78. The Bertz CT molecular complexity index is 1090. The molecule has 0 saturated heterocycles. The Balaban J connectivity index is 1.73. The van der Waals surface area contributed by atoms with Crippen LogP contribution in [0.4, 0.5) is 32.3 Å². The molecule has 0 spiro atoms. The minimum absolute atomic E-state index is 0.0147. The molecule has 1 aliphatic carbocycles. The molecule has 1 saturated carbocycles. The number of hydrogen-bond donors (Lipinski definition) is 2. The maximum Gasteiger partial charge on any atom is 0.321 e. The van der Waals surface area contributed by atoms with Gasteiger partial charge in [0.1, 0.15) is 0 Å². The van der Waals surface area contributed by atoms with Crippen molar-refractivity contribution < 1.29 is 9.59 Å². The fourth-order valence-electron chi connectivity index (χ4n) is 6.79. The van der Waals surface area contributed by atoms with Gasteiger partial charge in [0.05, 0.1) is 0 Å². The van der Waals surface area contributed by atoms with E-state index in [-0.39, 0.29) is 12.1 Å². The van der Waals surface area contributed by atoms with Crippen LogP contribution in [-0.4, -0.2) is 76.2 Å². The summed E-state index contributed by atoms with van der Waals surface area (Å²) in [5.41, 5.74) is 3.86. The van der Waals surface area contributed by atoms with Crippen LogP contribution in [0.25, 0.3) is 0 Å². The summed E-state index contributed by atoms with van der Waals surface area (Å²) in [5, 5.41) is 6.39. The molecule has 1 fully saturated rings. The Hall–Kier alpha value is -3.42. The number of hydrogen-bond acceptors (Lipinski definition) is 4. The molecule has 4 amide bonds. The Labute approximate surface area is 292 Å². The largest absolute Gasteiger partial charge is 0.378 e. The Morgan fingerprint density at radius 1 is 0.562 bits per heavy atom. The first-order valence-electron chi connectivity index (χ1n) is 18.9. The summed E-state index contributed by atoms with van der Waals surface area (Å²) in [7, 11) is 8.09. The molecular formula is C40H66N6O2. The molecule has 0 heterocycles. The van der Waals surface area contributed by atoms with E-state index < -0.39 is 0 Å². The van der Waals surface area contributed by atoms with Gasteiger partial charge in [-0.3, -0.25) is 0 Å². The lowest BCUT2D eigenvalue weighted by molar-refractivity contribution is 0.130. The number of unbranched alkanes of at least 4 members (excludes halogenated alkanes) is 8. The van der Waals surface area contributed by atoms with Crippen molar-refractivity contribution in [2.75, 3.05) is 74.8 Å². The quantitative estimate of drug-likeness (QED) is 0.139. The van der Waals surface area contributed by atoms with Crippen LogP contribution in [0, 0.1) is 11.8 Å². The van der Waals surface area contributed by atoms with Crippen molar-refractivity contribution in [3.63, 3.8) is 0 Å². The molecule has 3 rings (SSSR count). The fourth-order valence-corrected chi connectivity index (χ4v) is 6.79. The van der Waals surface area contributed by atoms with E-state index in [4.69, 9.17) is 0 Å². The van der Waals surface area contributed by atoms with E-state index in [0.29, 0.717) is 11.8 Å². The lowest BCUT2D eigenvalue weighted by Crippen LogP contribution is -2.45. The van der Waals surface area contributed by atoms with Crippen LogP contribution >= 0.6 is 0 Å². The molecule has 8 nitrogen and oxygen atoms in total. The predicted octanol–water partition coefficient (Wildman–Crippen LogP) is 9.93. The third-order valence-corrected chi connectivity index (χ3v) is 9.88. The first-order valence-corrected chi connectivity index (χ1v) is 18.9. The van der Waals surface area contributed by atoms with Gasteiger partial charge in [0.2, 0.25) is 0 Å². The van der Waals surface area contributed by atoms with E-state index in [1.54, 1.807) is 0 Å². The standard InChI is InChI=1S/C40H66N6O2/c1-7-9-11-13-17-29-45(39(47)41-35-21-25-37(26-22-35)43(3)4)31-33-19-15-16-20-34(33)32-46(30-18-14-12-10-8-2)40(48)42-36-23-27-38(28-24-36)44(5)6/h21-28,33-34H,7-20,29-32H2,1-6H3,(H,41,47)(H,42,48)/t33-,34+. The zero-order valence-electron chi connectivity index (χ0n) is 31.1. The number of rotatable bonds is 20. The van der Waals surface area contributed by atoms with Crippen LogP contribution in [0.2, 0.25) is 0 Å². The van der Waals surface area contributed by atoms with Crippen LogP contribution in [0.3, 0.4) is 0 Å². The molecule has 2 aromatic carbocycles. The highest BCUT2D eigenvalue weighted by molar-refractivity contribution is 5.90. The van der Waals surface area contributed by atoms with Crippen molar-refractivity contribution in [2.45, 2.75) is 104 Å². The fraction of sp³-hybridized carbons (Fsp3) is 0.650. The van der Waals surface area contributed by atoms with Crippen LogP contribution in [0.5, 0.6) is 0 Å². The second kappa shape index (κ2) is 21.5. The molecule has 2 aromatic rings. The summed E-state index contributed by atoms with van der Waals surface area (Å²) < 4.78 is 0. The zero-order valence-corrected chi connectivity index (χ0v) is 31.1. The number of anilines is 4. The summed E-state index contributed by atoms with van der Waals surface area (Å²) in [6.07, 6.45) is 16.2. The molecule has 0 unspecified atom stereocenters. The number of benzene rings is 2. The van der Waals surface area contributed by atoms with Crippen molar-refractivity contribution in [3.8, 4) is 0 Å². The molecular weight excluding hydrogens is 596 g/mol. The second-order valence-electron chi connectivity index (χ2n) is 14.3.